The quantitative estimate of drug-likeness (QED) is 0.0839. The van der Waals surface area contributed by atoms with E-state index < -0.39 is 78.3 Å². The van der Waals surface area contributed by atoms with E-state index in [0.29, 0.717) is 0 Å². The van der Waals surface area contributed by atoms with Gasteiger partial charge in [0.2, 0.25) is 5.95 Å². The number of phosphoric acid groups is 3. The number of aliphatic hydroxyl groups excluding tert-OH is 2. The lowest BCUT2D eigenvalue weighted by molar-refractivity contribution is -0.143. The van der Waals surface area contributed by atoms with Crippen LogP contribution in [-0.4, -0.2) is 91.5 Å². The average molecular weight is 742 g/mol. The number of benzene rings is 1. The minimum Gasteiger partial charge on any atom is -0.477 e. The molecule has 0 bridgehead atoms. The first-order chi connectivity index (χ1) is 20.7. The number of aromatic amines is 1. The summed E-state index contributed by atoms with van der Waals surface area (Å²) >= 11 is 11.8. The highest BCUT2D eigenvalue weighted by Gasteiger charge is 2.47. The van der Waals surface area contributed by atoms with Crippen molar-refractivity contribution in [3.8, 4) is 5.75 Å². The highest BCUT2D eigenvalue weighted by Crippen LogP contribution is 2.66. The van der Waals surface area contributed by atoms with Crippen LogP contribution in [-0.2, 0) is 36.4 Å². The topological polar surface area (TPSA) is 332 Å². The number of halogens is 2. The Morgan fingerprint density at radius 1 is 1.11 bits per heavy atom. The molecule has 248 valence electrons. The number of nitrogens with zero attached hydrogens (tertiary/aromatic N) is 3. The number of carbonyl (C=O) groups is 1. The van der Waals surface area contributed by atoms with Gasteiger partial charge in [-0.15, -0.1) is 0 Å². The van der Waals surface area contributed by atoms with Crippen LogP contribution in [0.5, 0.6) is 5.75 Å². The maximum Gasteiger partial charge on any atom is 0.490 e. The number of aliphatic carboxylic acids is 1. The van der Waals surface area contributed by atoms with Crippen molar-refractivity contribution in [3.05, 3.63) is 44.9 Å². The van der Waals surface area contributed by atoms with Gasteiger partial charge in [0.25, 0.3) is 11.8 Å². The number of hydrogen-bond acceptors (Lipinski definition) is 15. The molecule has 5 unspecified atom stereocenters. The number of aromatic nitrogens is 4. The minimum absolute atomic E-state index is 0.0287. The van der Waals surface area contributed by atoms with E-state index in [1.165, 1.54) is 18.2 Å². The van der Waals surface area contributed by atoms with Crippen LogP contribution in [0.15, 0.2) is 29.3 Å². The average Bonchev–Trinajstić information content (AvgIpc) is 3.42. The van der Waals surface area contributed by atoms with E-state index in [9.17, 15) is 48.4 Å². The third-order valence-corrected chi connectivity index (χ3v) is 9.83. The molecule has 3 aromatic rings. The largest absolute Gasteiger partial charge is 0.490 e. The highest BCUT2D eigenvalue weighted by atomic mass is 35.5. The molecule has 1 aliphatic rings. The van der Waals surface area contributed by atoms with Crippen molar-refractivity contribution < 1.29 is 76.0 Å². The minimum atomic E-state index is -5.82. The van der Waals surface area contributed by atoms with Crippen molar-refractivity contribution in [3.63, 3.8) is 0 Å². The second-order valence-electron chi connectivity index (χ2n) is 8.73. The normalized spacial score (nSPS) is 23.7. The number of nitrogens with one attached hydrogen (secondary N) is 2. The molecule has 27 heteroatoms. The molecule has 1 saturated heterocycles. The summed E-state index contributed by atoms with van der Waals surface area (Å²) in [6, 6.07) is 3.96. The second kappa shape index (κ2) is 13.3. The Balaban J connectivity index is 1.52. The number of anilines is 1. The fourth-order valence-corrected chi connectivity index (χ4v) is 7.19. The van der Waals surface area contributed by atoms with E-state index in [0.717, 1.165) is 10.9 Å². The smallest absolute Gasteiger partial charge is 0.477 e. The molecule has 0 saturated carbocycles. The molecule has 3 heterocycles. The SMILES string of the molecule is O=C(O)C(Nc1nc2c(ncn2[C@@H]2O[C@H](COP(=O)(O)OP(=O)(O)OP(=O)(O)O)C(O)C2O)c(=O)[nH]1)Oc1ccc(Cl)cc1Cl. The van der Waals surface area contributed by atoms with Gasteiger partial charge >= 0.3 is 29.4 Å². The molecular weight excluding hydrogens is 722 g/mol. The summed E-state index contributed by atoms with van der Waals surface area (Å²) in [6.45, 7) is -1.11. The number of aliphatic hydroxyl groups is 2. The molecule has 4 rings (SSSR count). The van der Waals surface area contributed by atoms with Crippen molar-refractivity contribution in [1.29, 1.82) is 0 Å². The van der Waals surface area contributed by atoms with Gasteiger partial charge in [0.15, 0.2) is 17.4 Å². The van der Waals surface area contributed by atoms with Crippen molar-refractivity contribution >= 4 is 69.8 Å². The molecule has 1 aromatic carbocycles. The summed E-state index contributed by atoms with van der Waals surface area (Å²) in [5.74, 6) is -2.12. The Kier molecular flexibility index (Phi) is 10.5. The van der Waals surface area contributed by atoms with E-state index >= 15 is 0 Å². The predicted molar refractivity (Wildman–Crippen MR) is 146 cm³/mol. The first-order valence-corrected chi connectivity index (χ1v) is 16.9. The molecule has 22 nitrogen and oxygen atoms in total. The molecule has 0 radical (unpaired) electrons. The molecule has 1 fully saturated rings. The number of rotatable bonds is 13. The molecule has 0 amide bonds. The van der Waals surface area contributed by atoms with E-state index in [4.69, 9.17) is 42.5 Å². The first-order valence-electron chi connectivity index (χ1n) is 11.6. The van der Waals surface area contributed by atoms with Gasteiger partial charge < -0.3 is 49.7 Å². The number of hydrogen-bond donors (Lipinski definition) is 9. The molecule has 9 N–H and O–H groups in total. The fraction of sp³-hybridized carbons (Fsp3) is 0.333. The van der Waals surface area contributed by atoms with Gasteiger partial charge in [0, 0.05) is 5.02 Å². The lowest BCUT2D eigenvalue weighted by Gasteiger charge is -2.19. The number of phosphoric ester groups is 1. The van der Waals surface area contributed by atoms with Crippen LogP contribution in [0.1, 0.15) is 6.23 Å². The lowest BCUT2D eigenvalue weighted by atomic mass is 10.1. The maximum atomic E-state index is 12.7. The summed E-state index contributed by atoms with van der Waals surface area (Å²) in [7, 11) is -17.1. The van der Waals surface area contributed by atoms with Gasteiger partial charge in [-0.3, -0.25) is 18.9 Å². The molecular formula is C18H20Cl2N5O17P3. The third kappa shape index (κ3) is 8.86. The standard InChI is InChI=1S/C18H20Cl2N5O17P3/c19-6-1-2-8(7(20)3-6)39-15(17(29)30)24-18-22-13-10(14(28)23-18)21-5-25(13)16-12(27)11(26)9(40-16)4-38-44(34,35)42-45(36,37)41-43(31,32)33/h1-3,5,9,11-12,15-16,26-27H,4H2,(H,29,30)(H,34,35)(H,36,37)(H2,31,32,33)(H2,22,23,24,28)/t9-,11?,12?,15?,16-/m1/s1. The number of imidazole rings is 1. The van der Waals surface area contributed by atoms with Gasteiger partial charge in [-0.25, -0.2) is 23.5 Å². The summed E-state index contributed by atoms with van der Waals surface area (Å²) in [5, 5.41) is 33.2. The number of ether oxygens (including phenoxy) is 2. The zero-order valence-electron chi connectivity index (χ0n) is 21.6. The Bertz CT molecular complexity index is 1800. The van der Waals surface area contributed by atoms with Crippen molar-refractivity contribution in [2.75, 3.05) is 11.9 Å². The predicted octanol–water partition coefficient (Wildman–Crippen LogP) is 0.290. The molecule has 0 aliphatic carbocycles. The van der Waals surface area contributed by atoms with Crippen LogP contribution in [0.2, 0.25) is 10.0 Å². The van der Waals surface area contributed by atoms with Crippen LogP contribution in [0.3, 0.4) is 0 Å². The summed E-state index contributed by atoms with van der Waals surface area (Å²) < 4.78 is 57.6. The molecule has 7 atom stereocenters. The van der Waals surface area contributed by atoms with E-state index in [1.807, 2.05) is 0 Å². The Labute approximate surface area is 258 Å². The van der Waals surface area contributed by atoms with E-state index in [-0.39, 0.29) is 27.0 Å². The maximum absolute atomic E-state index is 12.7. The Hall–Kier alpha value is -2.49. The van der Waals surface area contributed by atoms with Crippen molar-refractivity contribution in [2.45, 2.75) is 30.8 Å². The Morgan fingerprint density at radius 2 is 1.80 bits per heavy atom. The van der Waals surface area contributed by atoms with Gasteiger partial charge in [-0.2, -0.15) is 13.6 Å². The van der Waals surface area contributed by atoms with Crippen molar-refractivity contribution in [1.82, 2.24) is 19.5 Å². The van der Waals surface area contributed by atoms with Crippen LogP contribution >= 0.6 is 46.7 Å². The summed E-state index contributed by atoms with van der Waals surface area (Å²) in [4.78, 5) is 70.8. The molecule has 0 spiro atoms. The van der Waals surface area contributed by atoms with Crippen LogP contribution in [0.4, 0.5) is 5.95 Å². The van der Waals surface area contributed by atoms with E-state index in [2.05, 4.69) is 33.4 Å². The fourth-order valence-electron chi connectivity index (χ4n) is 3.71. The van der Waals surface area contributed by atoms with Gasteiger partial charge in [-0.1, -0.05) is 23.2 Å². The van der Waals surface area contributed by atoms with Crippen molar-refractivity contribution in [2.24, 2.45) is 0 Å². The number of carboxylic acids is 1. The van der Waals surface area contributed by atoms with Crippen LogP contribution < -0.4 is 15.6 Å². The summed E-state index contributed by atoms with van der Waals surface area (Å²) in [6.07, 6.45) is -7.91. The number of fused-ring (bicyclic) bond motifs is 1. The lowest BCUT2D eigenvalue weighted by Crippen LogP contribution is -2.36. The molecule has 45 heavy (non-hydrogen) atoms. The highest BCUT2D eigenvalue weighted by molar-refractivity contribution is 7.66. The molecule has 1 aliphatic heterocycles. The monoisotopic (exact) mass is 741 g/mol. The number of H-pyrrole nitrogens is 1. The van der Waals surface area contributed by atoms with Gasteiger partial charge in [0.1, 0.15) is 24.1 Å². The second-order valence-corrected chi connectivity index (χ2v) is 14.0. The van der Waals surface area contributed by atoms with Crippen LogP contribution in [0, 0.1) is 0 Å². The Morgan fingerprint density at radius 3 is 2.42 bits per heavy atom. The zero-order valence-corrected chi connectivity index (χ0v) is 25.8. The molecule has 2 aromatic heterocycles. The van der Waals surface area contributed by atoms with Crippen LogP contribution in [0.25, 0.3) is 11.2 Å². The van der Waals surface area contributed by atoms with Gasteiger partial charge in [-0.05, 0) is 18.2 Å². The van der Waals surface area contributed by atoms with E-state index in [1.54, 1.807) is 0 Å². The summed E-state index contributed by atoms with van der Waals surface area (Å²) in [5.41, 5.74) is -1.55. The zero-order chi connectivity index (χ0) is 33.5. The third-order valence-electron chi connectivity index (χ3n) is 5.49. The number of carboxylic acid groups (broad SMARTS) is 1. The van der Waals surface area contributed by atoms with Gasteiger partial charge in [0.05, 0.1) is 18.0 Å². The first kappa shape index (κ1) is 35.4.